The summed E-state index contributed by atoms with van der Waals surface area (Å²) >= 11 is 0. The topological polar surface area (TPSA) is 45.5 Å². The number of hydrogen-bond donors (Lipinski definition) is 0. The minimum Gasteiger partial charge on any atom is -0.490 e. The first kappa shape index (κ1) is 23.2. The quantitative estimate of drug-likeness (QED) is 0.467. The van der Waals surface area contributed by atoms with E-state index in [0.29, 0.717) is 12.5 Å². The molecule has 2 heterocycles. The van der Waals surface area contributed by atoms with E-state index >= 15 is 0 Å². The molecule has 0 bridgehead atoms. The Hall–Kier alpha value is -2.57. The van der Waals surface area contributed by atoms with Gasteiger partial charge in [-0.05, 0) is 82.6 Å². The maximum atomic E-state index is 6.50. The third-order valence-electron chi connectivity index (χ3n) is 7.64. The van der Waals surface area contributed by atoms with Crippen LogP contribution in [0.4, 0.5) is 0 Å². The highest BCUT2D eigenvalue weighted by molar-refractivity contribution is 6.62. The number of ether oxygens (including phenoxy) is 1. The van der Waals surface area contributed by atoms with Gasteiger partial charge < -0.3 is 14.0 Å². The molecule has 1 saturated carbocycles. The summed E-state index contributed by atoms with van der Waals surface area (Å²) in [6, 6.07) is 19.2. The molecular weight excluding hydrogens is 423 g/mol. The Labute approximate surface area is 203 Å². The van der Waals surface area contributed by atoms with E-state index in [1.807, 2.05) is 17.1 Å². The summed E-state index contributed by atoms with van der Waals surface area (Å²) in [7, 11) is -0.391. The predicted molar refractivity (Wildman–Crippen MR) is 135 cm³/mol. The van der Waals surface area contributed by atoms with Crippen LogP contribution in [-0.2, 0) is 22.3 Å². The number of rotatable bonds is 7. The molecule has 0 spiro atoms. The third kappa shape index (κ3) is 4.94. The molecule has 5 nitrogen and oxygen atoms in total. The third-order valence-corrected chi connectivity index (χ3v) is 7.64. The minimum absolute atomic E-state index is 0.273. The van der Waals surface area contributed by atoms with E-state index in [2.05, 4.69) is 87.4 Å². The summed E-state index contributed by atoms with van der Waals surface area (Å²) in [4.78, 5) is 0. The standard InChI is InChI=1S/C28H35BN2O3/c1-27(2)28(3,4)34-29(33-27)24-18-30-31(20-24)19-22-12-8-14-25(17-22)32-26-15-9-13-23(26)16-21-10-6-5-7-11-21/h5-8,10-12,14,17-18,20,23,26H,9,13,15-16,19H2,1-4H3. The number of benzene rings is 2. The molecule has 2 atom stereocenters. The van der Waals surface area contributed by atoms with Gasteiger partial charge in [0.15, 0.2) is 0 Å². The van der Waals surface area contributed by atoms with Gasteiger partial charge in [-0.15, -0.1) is 0 Å². The summed E-state index contributed by atoms with van der Waals surface area (Å²) in [5.74, 6) is 1.51. The Morgan fingerprint density at radius 2 is 1.71 bits per heavy atom. The number of aromatic nitrogens is 2. The van der Waals surface area contributed by atoms with Crippen LogP contribution in [0.25, 0.3) is 0 Å². The van der Waals surface area contributed by atoms with Crippen LogP contribution in [0.3, 0.4) is 0 Å². The van der Waals surface area contributed by atoms with E-state index in [-0.39, 0.29) is 17.3 Å². The lowest BCUT2D eigenvalue weighted by molar-refractivity contribution is 0.00578. The fourth-order valence-corrected chi connectivity index (χ4v) is 4.95. The minimum atomic E-state index is -0.391. The summed E-state index contributed by atoms with van der Waals surface area (Å²) < 4.78 is 20.8. The first-order valence-corrected chi connectivity index (χ1v) is 12.5. The summed E-state index contributed by atoms with van der Waals surface area (Å²) in [5, 5.41) is 4.56. The SMILES string of the molecule is CC1(C)OB(c2cnn(Cc3cccc(OC4CCCC4Cc4ccccc4)c3)c2)OC1(C)C. The Morgan fingerprint density at radius 3 is 2.47 bits per heavy atom. The zero-order valence-corrected chi connectivity index (χ0v) is 20.7. The molecule has 0 radical (unpaired) electrons. The molecule has 1 aromatic heterocycles. The molecule has 1 saturated heterocycles. The van der Waals surface area contributed by atoms with Crippen molar-refractivity contribution in [2.75, 3.05) is 0 Å². The van der Waals surface area contributed by atoms with Gasteiger partial charge in [-0.25, -0.2) is 0 Å². The zero-order valence-electron chi connectivity index (χ0n) is 20.7. The Bertz CT molecular complexity index is 1100. The van der Waals surface area contributed by atoms with E-state index in [0.717, 1.165) is 24.1 Å². The molecule has 6 heteroatoms. The summed E-state index contributed by atoms with van der Waals surface area (Å²) in [6.45, 7) is 8.94. The van der Waals surface area contributed by atoms with Gasteiger partial charge in [0.25, 0.3) is 0 Å². The van der Waals surface area contributed by atoms with Gasteiger partial charge >= 0.3 is 7.12 Å². The second-order valence-corrected chi connectivity index (χ2v) is 10.7. The van der Waals surface area contributed by atoms with Crippen molar-refractivity contribution < 1.29 is 14.0 Å². The van der Waals surface area contributed by atoms with E-state index in [1.54, 1.807) is 0 Å². The number of nitrogens with zero attached hydrogens (tertiary/aromatic N) is 2. The monoisotopic (exact) mass is 458 g/mol. The van der Waals surface area contributed by atoms with Crippen molar-refractivity contribution in [1.29, 1.82) is 0 Å². The lowest BCUT2D eigenvalue weighted by atomic mass is 9.82. The van der Waals surface area contributed by atoms with Crippen LogP contribution in [0.15, 0.2) is 67.0 Å². The largest absolute Gasteiger partial charge is 0.498 e. The molecule has 178 valence electrons. The van der Waals surface area contributed by atoms with Crippen LogP contribution >= 0.6 is 0 Å². The normalized spacial score (nSPS) is 23.4. The van der Waals surface area contributed by atoms with Crippen LogP contribution < -0.4 is 10.2 Å². The van der Waals surface area contributed by atoms with Gasteiger partial charge in [0.2, 0.25) is 0 Å². The van der Waals surface area contributed by atoms with Crippen molar-refractivity contribution in [3.8, 4) is 5.75 Å². The lowest BCUT2D eigenvalue weighted by Gasteiger charge is -2.32. The van der Waals surface area contributed by atoms with E-state index in [4.69, 9.17) is 14.0 Å². The molecule has 0 amide bonds. The van der Waals surface area contributed by atoms with Crippen molar-refractivity contribution in [2.45, 2.75) is 77.2 Å². The number of hydrogen-bond acceptors (Lipinski definition) is 4. The van der Waals surface area contributed by atoms with E-state index in [9.17, 15) is 0 Å². The molecule has 34 heavy (non-hydrogen) atoms. The maximum absolute atomic E-state index is 6.50. The van der Waals surface area contributed by atoms with Gasteiger partial charge in [0, 0.05) is 17.9 Å². The molecule has 5 rings (SSSR count). The van der Waals surface area contributed by atoms with Crippen LogP contribution in [0, 0.1) is 5.92 Å². The van der Waals surface area contributed by atoms with Crippen LogP contribution in [0.2, 0.25) is 0 Å². The van der Waals surface area contributed by atoms with Gasteiger partial charge in [-0.2, -0.15) is 5.10 Å². The molecule has 2 unspecified atom stereocenters. The van der Waals surface area contributed by atoms with Crippen molar-refractivity contribution in [3.63, 3.8) is 0 Å². The van der Waals surface area contributed by atoms with Crippen molar-refractivity contribution >= 4 is 12.6 Å². The highest BCUT2D eigenvalue weighted by Gasteiger charge is 2.52. The molecular formula is C28H35BN2O3. The molecule has 1 aliphatic heterocycles. The highest BCUT2D eigenvalue weighted by atomic mass is 16.7. The van der Waals surface area contributed by atoms with Crippen LogP contribution in [0.1, 0.15) is 58.1 Å². The second kappa shape index (κ2) is 9.24. The Kier molecular flexibility index (Phi) is 6.30. The molecule has 2 aromatic carbocycles. The maximum Gasteiger partial charge on any atom is 0.498 e. The fourth-order valence-electron chi connectivity index (χ4n) is 4.95. The highest BCUT2D eigenvalue weighted by Crippen LogP contribution is 2.36. The van der Waals surface area contributed by atoms with Crippen LogP contribution in [-0.4, -0.2) is 34.2 Å². The first-order valence-electron chi connectivity index (χ1n) is 12.5. The van der Waals surface area contributed by atoms with E-state index in [1.165, 1.54) is 24.0 Å². The Morgan fingerprint density at radius 1 is 0.971 bits per heavy atom. The van der Waals surface area contributed by atoms with Gasteiger partial charge in [-0.3, -0.25) is 4.68 Å². The molecule has 3 aromatic rings. The van der Waals surface area contributed by atoms with Crippen molar-refractivity contribution in [2.24, 2.45) is 5.92 Å². The molecule has 1 aliphatic carbocycles. The summed E-state index contributed by atoms with van der Waals surface area (Å²) in [5.41, 5.74) is 2.79. The molecule has 0 N–H and O–H groups in total. The lowest BCUT2D eigenvalue weighted by Crippen LogP contribution is -2.41. The van der Waals surface area contributed by atoms with Gasteiger partial charge in [0.05, 0.1) is 17.7 Å². The van der Waals surface area contributed by atoms with Crippen molar-refractivity contribution in [1.82, 2.24) is 9.78 Å². The zero-order chi connectivity index (χ0) is 23.8. The fraction of sp³-hybridized carbons (Fsp3) is 0.464. The Balaban J connectivity index is 1.22. The van der Waals surface area contributed by atoms with Crippen LogP contribution in [0.5, 0.6) is 5.75 Å². The molecule has 2 aliphatic rings. The van der Waals surface area contributed by atoms with Crippen molar-refractivity contribution in [3.05, 3.63) is 78.1 Å². The average molecular weight is 458 g/mol. The first-order chi connectivity index (χ1) is 16.3. The predicted octanol–water partition coefficient (Wildman–Crippen LogP) is 5.02. The summed E-state index contributed by atoms with van der Waals surface area (Å²) in [6.07, 6.45) is 8.80. The van der Waals surface area contributed by atoms with Gasteiger partial charge in [0.1, 0.15) is 11.9 Å². The molecule has 2 fully saturated rings. The van der Waals surface area contributed by atoms with E-state index < -0.39 is 7.12 Å². The smallest absolute Gasteiger partial charge is 0.490 e. The van der Waals surface area contributed by atoms with Gasteiger partial charge in [-0.1, -0.05) is 42.5 Å². The second-order valence-electron chi connectivity index (χ2n) is 10.7. The average Bonchev–Trinajstić information content (AvgIpc) is 3.48.